The lowest BCUT2D eigenvalue weighted by Crippen LogP contribution is -2.38. The summed E-state index contributed by atoms with van der Waals surface area (Å²) in [7, 11) is 8.59. The summed E-state index contributed by atoms with van der Waals surface area (Å²) in [5, 5.41) is 0. The highest BCUT2D eigenvalue weighted by atomic mass is 31.2. The van der Waals surface area contributed by atoms with E-state index in [9.17, 15) is 0 Å². The predicted molar refractivity (Wildman–Crippen MR) is 120 cm³/mol. The monoisotopic (exact) mass is 451 g/mol. The van der Waals surface area contributed by atoms with Gasteiger partial charge in [-0.25, -0.2) is 0 Å². The Morgan fingerprint density at radius 1 is 0.750 bits per heavy atom. The van der Waals surface area contributed by atoms with Gasteiger partial charge in [-0.05, 0) is 12.3 Å². The van der Waals surface area contributed by atoms with E-state index in [4.69, 9.17) is 26.8 Å². The van der Waals surface area contributed by atoms with Crippen LogP contribution in [0.1, 0.15) is 41.0 Å². The van der Waals surface area contributed by atoms with Gasteiger partial charge in [0.15, 0.2) is 6.29 Å². The highest BCUT2D eigenvalue weighted by Crippen LogP contribution is 2.56. The van der Waals surface area contributed by atoms with Crippen molar-refractivity contribution in [1.82, 2.24) is 0 Å². The van der Waals surface area contributed by atoms with E-state index in [-0.39, 0.29) is 6.29 Å². The maximum absolute atomic E-state index is 4.93. The molecular formula is C18H48O8PSi+. The third-order valence-electron chi connectivity index (χ3n) is 3.83. The van der Waals surface area contributed by atoms with Crippen LogP contribution in [0, 0.1) is 5.41 Å². The molecule has 28 heavy (non-hydrogen) atoms. The Balaban J connectivity index is -0.000000139. The Morgan fingerprint density at radius 3 is 1.00 bits per heavy atom. The van der Waals surface area contributed by atoms with Gasteiger partial charge in [-0.2, -0.15) is 13.6 Å². The van der Waals surface area contributed by atoms with Gasteiger partial charge in [0.05, 0.1) is 21.3 Å². The van der Waals surface area contributed by atoms with Crippen LogP contribution in [0.4, 0.5) is 0 Å². The van der Waals surface area contributed by atoms with E-state index < -0.39 is 16.7 Å². The third-order valence-corrected chi connectivity index (χ3v) is 8.05. The minimum Gasteiger partial charge on any atom is -0.377 e. The van der Waals surface area contributed by atoms with Gasteiger partial charge >= 0.3 is 16.7 Å². The second-order valence-electron chi connectivity index (χ2n) is 6.75. The molecule has 0 aromatic heterocycles. The molecule has 0 N–H and O–H groups in total. The molecule has 0 aliphatic heterocycles. The van der Waals surface area contributed by atoms with Crippen LogP contribution >= 0.6 is 7.94 Å². The summed E-state index contributed by atoms with van der Waals surface area (Å²) in [5.74, 6) is 0. The average Bonchev–Trinajstić information content (AvgIpc) is 2.72. The first-order chi connectivity index (χ1) is 12.7. The molecule has 10 heteroatoms. The van der Waals surface area contributed by atoms with E-state index in [0.29, 0.717) is 5.41 Å². The van der Waals surface area contributed by atoms with Crippen molar-refractivity contribution in [2.24, 2.45) is 5.41 Å². The van der Waals surface area contributed by atoms with Crippen molar-refractivity contribution in [1.29, 1.82) is 0 Å². The van der Waals surface area contributed by atoms with Gasteiger partial charge in [0, 0.05) is 42.1 Å². The summed E-state index contributed by atoms with van der Waals surface area (Å²) in [6.45, 7) is 14.4. The van der Waals surface area contributed by atoms with Crippen molar-refractivity contribution in [2.45, 2.75) is 53.9 Å². The van der Waals surface area contributed by atoms with Crippen molar-refractivity contribution >= 4 is 16.7 Å². The van der Waals surface area contributed by atoms with Crippen LogP contribution in [0.5, 0.6) is 0 Å². The third kappa shape index (κ3) is 26.3. The van der Waals surface area contributed by atoms with Gasteiger partial charge in [-0.15, -0.1) is 0 Å². The van der Waals surface area contributed by atoms with Crippen LogP contribution in [0.15, 0.2) is 0 Å². The molecule has 0 amide bonds. The molecule has 0 aliphatic carbocycles. The minimum atomic E-state index is -2.17. The van der Waals surface area contributed by atoms with Gasteiger partial charge < -0.3 is 22.8 Å². The zero-order chi connectivity index (χ0) is 23.4. The van der Waals surface area contributed by atoms with Gasteiger partial charge in [-0.1, -0.05) is 34.1 Å². The maximum atomic E-state index is 4.93. The summed E-state index contributed by atoms with van der Waals surface area (Å²) in [6.07, 6.45) is 1.21. The number of rotatable bonds is 8. The first kappa shape index (κ1) is 35.7. The maximum Gasteiger partial charge on any atom is 0.496 e. The fourth-order valence-corrected chi connectivity index (χ4v) is 1.52. The van der Waals surface area contributed by atoms with E-state index in [0.717, 1.165) is 0 Å². The van der Waals surface area contributed by atoms with Crippen molar-refractivity contribution < 1.29 is 36.3 Å². The van der Waals surface area contributed by atoms with Crippen LogP contribution in [-0.2, 0) is 36.3 Å². The molecule has 0 aromatic rings. The normalized spacial score (nSPS) is 11.6. The molecule has 0 fully saturated rings. The Hall–Kier alpha value is 0.327. The fraction of sp³-hybridized carbons (Fsp3) is 1.00. The molecular weight excluding hydrogens is 403 g/mol. The molecule has 8 nitrogen and oxygen atoms in total. The van der Waals surface area contributed by atoms with E-state index in [1.165, 1.54) is 6.42 Å². The molecule has 0 unspecified atom stereocenters. The molecule has 176 valence electrons. The second kappa shape index (κ2) is 20.6. The molecule has 0 heterocycles. The standard InChI is InChI=1S/C6H14.C4H12O3P.C4H12O3Si.C4H10O2/c1-5-6(2,3)4;2*1-5-8(4,6-2)7-3;1-4(5-2)6-3/h5H2,1-4H3;2*1-4H3;4H,1-3H3/q;+1;;. The highest BCUT2D eigenvalue weighted by molar-refractivity contribution is 7.60. The number of hydrogen-bond acceptors (Lipinski definition) is 8. The van der Waals surface area contributed by atoms with Gasteiger partial charge in [0.1, 0.15) is 6.66 Å². The smallest absolute Gasteiger partial charge is 0.377 e. The lowest BCUT2D eigenvalue weighted by atomic mass is 9.94. The largest absolute Gasteiger partial charge is 0.496 e. The molecule has 0 aliphatic rings. The quantitative estimate of drug-likeness (QED) is 0.294. The predicted octanol–water partition coefficient (Wildman–Crippen LogP) is 4.88. The number of methoxy groups -OCH3 is 2. The van der Waals surface area contributed by atoms with Gasteiger partial charge in [0.2, 0.25) is 0 Å². The Bertz CT molecular complexity index is 270. The summed E-state index contributed by atoms with van der Waals surface area (Å²) in [6, 6.07) is 0. The van der Waals surface area contributed by atoms with E-state index in [2.05, 4.69) is 37.2 Å². The molecule has 0 rings (SSSR count). The van der Waals surface area contributed by atoms with Crippen LogP contribution in [-0.4, -0.2) is 78.6 Å². The SMILES string of the molecule is CCC(C)(C)C.COC(C)OC.CO[P+](C)(OC)OC.CO[Si](C)(OC)OC. The molecule has 0 atom stereocenters. The average molecular weight is 452 g/mol. The lowest BCUT2D eigenvalue weighted by molar-refractivity contribution is -0.0877. The molecule has 0 saturated heterocycles. The van der Waals surface area contributed by atoms with Crippen molar-refractivity contribution in [3.63, 3.8) is 0 Å². The highest BCUT2D eigenvalue weighted by Gasteiger charge is 2.33. The molecule has 0 radical (unpaired) electrons. The van der Waals surface area contributed by atoms with Crippen molar-refractivity contribution in [3.8, 4) is 0 Å². The zero-order valence-electron chi connectivity index (χ0n) is 21.0. The second-order valence-corrected chi connectivity index (χ2v) is 12.3. The lowest BCUT2D eigenvalue weighted by Gasteiger charge is -2.18. The van der Waals surface area contributed by atoms with Crippen LogP contribution < -0.4 is 0 Å². The Labute approximate surface area is 176 Å². The molecule has 0 saturated carbocycles. The van der Waals surface area contributed by atoms with Crippen molar-refractivity contribution in [3.05, 3.63) is 0 Å². The summed E-state index contributed by atoms with van der Waals surface area (Å²) in [5.41, 5.74) is 0.542. The molecule has 0 bridgehead atoms. The van der Waals surface area contributed by atoms with Crippen molar-refractivity contribution in [2.75, 3.05) is 63.5 Å². The number of ether oxygens (including phenoxy) is 2. The van der Waals surface area contributed by atoms with Gasteiger partial charge in [0.25, 0.3) is 0 Å². The van der Waals surface area contributed by atoms with E-state index in [1.807, 2.05) is 13.5 Å². The first-order valence-electron chi connectivity index (χ1n) is 8.98. The summed E-state index contributed by atoms with van der Waals surface area (Å²) in [4.78, 5) is 0. The fourth-order valence-electron chi connectivity index (χ4n) is 0.570. The number of hydrogen-bond donors (Lipinski definition) is 0. The summed E-state index contributed by atoms with van der Waals surface area (Å²) >= 11 is 0. The molecule has 0 aromatic carbocycles. The van der Waals surface area contributed by atoms with Crippen LogP contribution in [0.25, 0.3) is 0 Å². The Morgan fingerprint density at radius 2 is 1.00 bits per heavy atom. The van der Waals surface area contributed by atoms with Crippen LogP contribution in [0.3, 0.4) is 0 Å². The Kier molecular flexibility index (Phi) is 26.3. The summed E-state index contributed by atoms with van der Waals surface area (Å²) < 4.78 is 38.9. The van der Waals surface area contributed by atoms with Gasteiger partial charge in [-0.3, -0.25) is 0 Å². The van der Waals surface area contributed by atoms with E-state index in [1.54, 1.807) is 63.5 Å². The molecule has 0 spiro atoms. The zero-order valence-corrected chi connectivity index (χ0v) is 22.9. The first-order valence-corrected chi connectivity index (χ1v) is 13.2. The van der Waals surface area contributed by atoms with Crippen LogP contribution in [0.2, 0.25) is 6.55 Å². The topological polar surface area (TPSA) is 73.8 Å². The minimum absolute atomic E-state index is 0.0648. The van der Waals surface area contributed by atoms with E-state index >= 15 is 0 Å².